The zero-order valence-electron chi connectivity index (χ0n) is 18.0. The molecule has 0 aromatic heterocycles. The maximum Gasteiger partial charge on any atom is 0.318 e. The van der Waals surface area contributed by atoms with Crippen LogP contribution in [-0.4, -0.2) is 35.7 Å². The summed E-state index contributed by atoms with van der Waals surface area (Å²) in [6.07, 6.45) is 0.730. The molecule has 1 heterocycles. The number of carbonyl (C=O) groups is 1. The van der Waals surface area contributed by atoms with Crippen LogP contribution in [0.3, 0.4) is 0 Å². The van der Waals surface area contributed by atoms with Crippen LogP contribution in [0.4, 0.5) is 4.79 Å². The summed E-state index contributed by atoms with van der Waals surface area (Å²) < 4.78 is 12.2. The first-order valence-corrected chi connectivity index (χ1v) is 12.0. The highest BCUT2D eigenvalue weighted by atomic mass is 32.2. The number of carbonyl (C=O) groups excluding carboxylic acids is 1. The lowest BCUT2D eigenvalue weighted by Gasteiger charge is -2.16. The molecule has 4 rings (SSSR count). The molecule has 166 valence electrons. The first-order chi connectivity index (χ1) is 15.8. The second-order valence-corrected chi connectivity index (χ2v) is 8.69. The number of urea groups is 1. The molecule has 0 bridgehead atoms. The number of thioether (sulfide) groups is 1. The third-order valence-corrected chi connectivity index (χ3v) is 6.18. The van der Waals surface area contributed by atoms with Crippen LogP contribution in [0.1, 0.15) is 16.7 Å². The molecule has 32 heavy (non-hydrogen) atoms. The summed E-state index contributed by atoms with van der Waals surface area (Å²) in [6, 6.07) is 26.2. The highest BCUT2D eigenvalue weighted by molar-refractivity contribution is 7.99. The van der Waals surface area contributed by atoms with Crippen LogP contribution in [0.15, 0.2) is 78.9 Å². The predicted molar refractivity (Wildman–Crippen MR) is 129 cm³/mol. The lowest BCUT2D eigenvalue weighted by molar-refractivity contribution is 0.211. The highest BCUT2D eigenvalue weighted by Gasteiger charge is 2.17. The number of ether oxygens (including phenoxy) is 2. The van der Waals surface area contributed by atoms with E-state index in [4.69, 9.17) is 9.47 Å². The van der Waals surface area contributed by atoms with Gasteiger partial charge in [0, 0.05) is 18.8 Å². The van der Waals surface area contributed by atoms with Crippen molar-refractivity contribution in [3.8, 4) is 11.5 Å². The van der Waals surface area contributed by atoms with Crippen LogP contribution in [0.5, 0.6) is 11.5 Å². The molecule has 1 aliphatic heterocycles. The summed E-state index contributed by atoms with van der Waals surface area (Å²) in [4.78, 5) is 14.0. The van der Waals surface area contributed by atoms with E-state index in [1.165, 1.54) is 0 Å². The monoisotopic (exact) mass is 448 g/mol. The molecular weight excluding hydrogens is 420 g/mol. The Hall–Kier alpha value is -3.12. The average Bonchev–Trinajstić information content (AvgIpc) is 3.39. The van der Waals surface area contributed by atoms with Crippen LogP contribution >= 0.6 is 11.8 Å². The van der Waals surface area contributed by atoms with Gasteiger partial charge in [-0.3, -0.25) is 0 Å². The summed E-state index contributed by atoms with van der Waals surface area (Å²) in [6.45, 7) is 2.35. The van der Waals surface area contributed by atoms with Crippen LogP contribution in [0.25, 0.3) is 0 Å². The van der Waals surface area contributed by atoms with Gasteiger partial charge in [0.1, 0.15) is 13.2 Å². The first-order valence-electron chi connectivity index (χ1n) is 10.8. The smallest absolute Gasteiger partial charge is 0.318 e. The van der Waals surface area contributed by atoms with E-state index in [1.54, 1.807) is 11.8 Å². The highest BCUT2D eigenvalue weighted by Crippen LogP contribution is 2.30. The quantitative estimate of drug-likeness (QED) is 0.495. The van der Waals surface area contributed by atoms with E-state index in [0.717, 1.165) is 41.3 Å². The van der Waals surface area contributed by atoms with E-state index < -0.39 is 0 Å². The second kappa shape index (κ2) is 11.5. The lowest BCUT2D eigenvalue weighted by atomic mass is 10.1. The van der Waals surface area contributed by atoms with Crippen LogP contribution < -0.4 is 14.8 Å². The van der Waals surface area contributed by atoms with Gasteiger partial charge in [-0.05, 0) is 35.2 Å². The van der Waals surface area contributed by atoms with Crippen molar-refractivity contribution >= 4 is 17.8 Å². The number of benzene rings is 3. The standard InChI is InChI=1S/C26H28N2O3S/c29-26(28-15-16-32-20-28)27-14-13-21-11-12-24(30-18-22-7-3-1-4-8-22)25(17-21)31-19-23-9-5-2-6-10-23/h1-12,17H,13-16,18-20H2,(H,27,29). The molecule has 1 fully saturated rings. The average molecular weight is 449 g/mol. The number of nitrogens with one attached hydrogen (secondary N) is 1. The van der Waals surface area contributed by atoms with Gasteiger partial charge >= 0.3 is 6.03 Å². The molecule has 0 atom stereocenters. The van der Waals surface area contributed by atoms with Gasteiger partial charge in [-0.15, -0.1) is 11.8 Å². The minimum Gasteiger partial charge on any atom is -0.485 e. The summed E-state index contributed by atoms with van der Waals surface area (Å²) >= 11 is 1.79. The minimum absolute atomic E-state index is 0.0124. The van der Waals surface area contributed by atoms with E-state index in [-0.39, 0.29) is 6.03 Å². The maximum atomic E-state index is 12.2. The second-order valence-electron chi connectivity index (χ2n) is 7.61. The lowest BCUT2D eigenvalue weighted by Crippen LogP contribution is -2.38. The molecule has 6 heteroatoms. The van der Waals surface area contributed by atoms with Crippen molar-refractivity contribution in [2.45, 2.75) is 19.6 Å². The van der Waals surface area contributed by atoms with Gasteiger partial charge in [-0.25, -0.2) is 4.79 Å². The SMILES string of the molecule is O=C(NCCc1ccc(OCc2ccccc2)c(OCc2ccccc2)c1)N1CCSC1. The van der Waals surface area contributed by atoms with Crippen molar-refractivity contribution in [1.29, 1.82) is 0 Å². The number of hydrogen-bond acceptors (Lipinski definition) is 4. The van der Waals surface area contributed by atoms with Crippen LogP contribution in [-0.2, 0) is 19.6 Å². The van der Waals surface area contributed by atoms with Gasteiger partial charge < -0.3 is 19.7 Å². The summed E-state index contributed by atoms with van der Waals surface area (Å²) in [5.41, 5.74) is 3.30. The molecular formula is C26H28N2O3S. The van der Waals surface area contributed by atoms with E-state index >= 15 is 0 Å². The molecule has 3 aromatic rings. The fourth-order valence-electron chi connectivity index (χ4n) is 3.41. The Labute approximate surface area is 193 Å². The van der Waals surface area contributed by atoms with Gasteiger partial charge in [0.05, 0.1) is 5.88 Å². The van der Waals surface area contributed by atoms with Crippen molar-refractivity contribution in [2.75, 3.05) is 24.7 Å². The van der Waals surface area contributed by atoms with Crippen LogP contribution in [0, 0.1) is 0 Å². The largest absolute Gasteiger partial charge is 0.485 e. The Kier molecular flexibility index (Phi) is 7.93. The zero-order chi connectivity index (χ0) is 22.0. The number of amides is 2. The van der Waals surface area contributed by atoms with Crippen molar-refractivity contribution < 1.29 is 14.3 Å². The van der Waals surface area contributed by atoms with Gasteiger partial charge in [0.2, 0.25) is 0 Å². The Morgan fingerprint density at radius 3 is 2.12 bits per heavy atom. The van der Waals surface area contributed by atoms with Crippen molar-refractivity contribution in [3.05, 3.63) is 95.6 Å². The summed E-state index contributed by atoms with van der Waals surface area (Å²) in [7, 11) is 0. The Balaban J connectivity index is 1.39. The zero-order valence-corrected chi connectivity index (χ0v) is 18.9. The van der Waals surface area contributed by atoms with Crippen molar-refractivity contribution in [1.82, 2.24) is 10.2 Å². The molecule has 2 amide bonds. The minimum atomic E-state index is 0.0124. The van der Waals surface area contributed by atoms with Crippen LogP contribution in [0.2, 0.25) is 0 Å². The molecule has 1 saturated heterocycles. The summed E-state index contributed by atoms with van der Waals surface area (Å²) in [5, 5.41) is 3.01. The van der Waals surface area contributed by atoms with Gasteiger partial charge in [-0.2, -0.15) is 0 Å². The third kappa shape index (κ3) is 6.44. The van der Waals surface area contributed by atoms with Gasteiger partial charge in [0.25, 0.3) is 0 Å². The Bertz CT molecular complexity index is 992. The molecule has 3 aromatic carbocycles. The number of nitrogens with zero attached hydrogens (tertiary/aromatic N) is 1. The number of rotatable bonds is 9. The normalized spacial score (nSPS) is 13.1. The first kappa shape index (κ1) is 22.1. The molecule has 0 radical (unpaired) electrons. The Morgan fingerprint density at radius 2 is 1.50 bits per heavy atom. The van der Waals surface area contributed by atoms with Crippen molar-refractivity contribution in [3.63, 3.8) is 0 Å². The molecule has 0 spiro atoms. The molecule has 1 aliphatic rings. The maximum absolute atomic E-state index is 12.2. The predicted octanol–water partition coefficient (Wildman–Crippen LogP) is 5.10. The fourth-order valence-corrected chi connectivity index (χ4v) is 4.36. The number of hydrogen-bond donors (Lipinski definition) is 1. The third-order valence-electron chi connectivity index (χ3n) is 5.21. The van der Waals surface area contributed by atoms with Crippen molar-refractivity contribution in [2.24, 2.45) is 0 Å². The Morgan fingerprint density at radius 1 is 0.844 bits per heavy atom. The fraction of sp³-hybridized carbons (Fsp3) is 0.269. The molecule has 5 nitrogen and oxygen atoms in total. The molecule has 0 unspecified atom stereocenters. The van der Waals surface area contributed by atoms with E-state index in [0.29, 0.717) is 31.3 Å². The summed E-state index contributed by atoms with van der Waals surface area (Å²) in [5.74, 6) is 3.22. The molecule has 0 aliphatic carbocycles. The van der Waals surface area contributed by atoms with E-state index in [9.17, 15) is 4.79 Å². The van der Waals surface area contributed by atoms with Gasteiger partial charge in [0.15, 0.2) is 11.5 Å². The molecule has 1 N–H and O–H groups in total. The van der Waals surface area contributed by atoms with E-state index in [1.807, 2.05) is 83.8 Å². The van der Waals surface area contributed by atoms with E-state index in [2.05, 4.69) is 5.32 Å². The molecule has 0 saturated carbocycles. The van der Waals surface area contributed by atoms with Gasteiger partial charge in [-0.1, -0.05) is 66.7 Å². The topological polar surface area (TPSA) is 50.8 Å².